The highest BCUT2D eigenvalue weighted by atomic mass is 32.1. The number of halogens is 1. The lowest BCUT2D eigenvalue weighted by Gasteiger charge is -2.06. The lowest BCUT2D eigenvalue weighted by Crippen LogP contribution is -2.20. The van der Waals surface area contributed by atoms with E-state index in [0.29, 0.717) is 22.1 Å². The van der Waals surface area contributed by atoms with Crippen LogP contribution in [0.25, 0.3) is 10.2 Å². The maximum absolute atomic E-state index is 13.4. The van der Waals surface area contributed by atoms with Crippen LogP contribution in [0.15, 0.2) is 36.4 Å². The third-order valence-corrected chi connectivity index (χ3v) is 4.26. The van der Waals surface area contributed by atoms with E-state index in [0.717, 1.165) is 4.70 Å². The first-order valence-electron chi connectivity index (χ1n) is 7.06. The Bertz CT molecular complexity index is 887. The zero-order valence-electron chi connectivity index (χ0n) is 12.2. The van der Waals surface area contributed by atoms with Crippen molar-refractivity contribution < 1.29 is 23.4 Å². The van der Waals surface area contributed by atoms with Crippen molar-refractivity contribution in [2.24, 2.45) is 0 Å². The first-order valence-corrected chi connectivity index (χ1v) is 7.88. The summed E-state index contributed by atoms with van der Waals surface area (Å²) in [6.45, 7) is -0.108. The largest absolute Gasteiger partial charge is 0.481 e. The van der Waals surface area contributed by atoms with E-state index in [1.807, 2.05) is 6.07 Å². The van der Waals surface area contributed by atoms with Gasteiger partial charge >= 0.3 is 0 Å². The second-order valence-electron chi connectivity index (χ2n) is 4.96. The molecule has 0 saturated carbocycles. The highest BCUT2D eigenvalue weighted by molar-refractivity contribution is 7.22. The maximum atomic E-state index is 13.4. The molecule has 0 aliphatic carbocycles. The number of anilines is 1. The Balaban J connectivity index is 1.44. The van der Waals surface area contributed by atoms with Crippen LogP contribution in [0, 0.1) is 5.82 Å². The second-order valence-corrected chi connectivity index (χ2v) is 5.99. The van der Waals surface area contributed by atoms with Crippen LogP contribution in [0.2, 0.25) is 0 Å². The van der Waals surface area contributed by atoms with E-state index in [1.54, 1.807) is 18.2 Å². The minimum Gasteiger partial charge on any atom is -0.481 e. The quantitative estimate of drug-likeness (QED) is 0.786. The Hall–Kier alpha value is -2.87. The average molecular weight is 346 g/mol. The van der Waals surface area contributed by atoms with Crippen LogP contribution < -0.4 is 19.5 Å². The number of aromatic nitrogens is 1. The maximum Gasteiger partial charge on any atom is 0.264 e. The number of hydrogen-bond donors (Lipinski definition) is 1. The van der Waals surface area contributed by atoms with E-state index in [1.165, 1.54) is 23.5 Å². The molecule has 0 saturated heterocycles. The molecule has 0 radical (unpaired) electrons. The van der Waals surface area contributed by atoms with E-state index < -0.39 is 11.7 Å². The van der Waals surface area contributed by atoms with E-state index in [2.05, 4.69) is 10.3 Å². The molecule has 8 heteroatoms. The topological polar surface area (TPSA) is 69.7 Å². The van der Waals surface area contributed by atoms with E-state index in [4.69, 9.17) is 14.2 Å². The molecule has 0 spiro atoms. The summed E-state index contributed by atoms with van der Waals surface area (Å²) in [7, 11) is 0. The lowest BCUT2D eigenvalue weighted by molar-refractivity contribution is -0.118. The predicted octanol–water partition coefficient (Wildman–Crippen LogP) is 3.18. The van der Waals surface area contributed by atoms with E-state index in [9.17, 15) is 9.18 Å². The van der Waals surface area contributed by atoms with Crippen molar-refractivity contribution >= 4 is 32.6 Å². The van der Waals surface area contributed by atoms with Crippen molar-refractivity contribution in [2.45, 2.75) is 0 Å². The summed E-state index contributed by atoms with van der Waals surface area (Å²) in [6, 6.07) is 9.49. The van der Waals surface area contributed by atoms with Gasteiger partial charge in [0.15, 0.2) is 34.8 Å². The van der Waals surface area contributed by atoms with Gasteiger partial charge in [-0.05, 0) is 12.1 Å². The summed E-state index contributed by atoms with van der Waals surface area (Å²) in [5.74, 6) is 0.389. The molecule has 1 amide bonds. The number of nitrogens with zero attached hydrogens (tertiary/aromatic N) is 1. The van der Waals surface area contributed by atoms with Crippen LogP contribution in [0.1, 0.15) is 0 Å². The number of thiazole rings is 1. The molecular weight excluding hydrogens is 335 g/mol. The zero-order chi connectivity index (χ0) is 16.5. The van der Waals surface area contributed by atoms with Gasteiger partial charge in [0.1, 0.15) is 0 Å². The number of amides is 1. The van der Waals surface area contributed by atoms with Crippen molar-refractivity contribution in [2.75, 3.05) is 18.7 Å². The zero-order valence-corrected chi connectivity index (χ0v) is 13.1. The van der Waals surface area contributed by atoms with Gasteiger partial charge in [-0.25, -0.2) is 9.37 Å². The fourth-order valence-corrected chi connectivity index (χ4v) is 3.12. The average Bonchev–Trinajstić information content (AvgIpc) is 3.16. The molecule has 4 rings (SSSR count). The van der Waals surface area contributed by atoms with Gasteiger partial charge in [0.05, 0.1) is 10.2 Å². The highest BCUT2D eigenvalue weighted by Crippen LogP contribution is 2.38. The van der Waals surface area contributed by atoms with Crippen LogP contribution in [-0.2, 0) is 4.79 Å². The third-order valence-electron chi connectivity index (χ3n) is 3.32. The normalized spacial score (nSPS) is 12.4. The first kappa shape index (κ1) is 14.7. The third kappa shape index (κ3) is 2.83. The van der Waals surface area contributed by atoms with Gasteiger partial charge < -0.3 is 14.2 Å². The Labute approximate surface area is 139 Å². The summed E-state index contributed by atoms with van der Waals surface area (Å²) < 4.78 is 30.1. The number of ether oxygens (including phenoxy) is 3. The van der Waals surface area contributed by atoms with Gasteiger partial charge in [-0.15, -0.1) is 0 Å². The molecule has 122 valence electrons. The first-order chi connectivity index (χ1) is 11.7. The Morgan fingerprint density at radius 2 is 2.08 bits per heavy atom. The molecule has 0 bridgehead atoms. The minimum atomic E-state index is -0.514. The van der Waals surface area contributed by atoms with Crippen LogP contribution in [-0.4, -0.2) is 24.3 Å². The number of carbonyl (C=O) groups excluding carboxylic acids is 1. The predicted molar refractivity (Wildman–Crippen MR) is 86.3 cm³/mol. The number of nitrogens with one attached hydrogen (secondary N) is 1. The molecule has 0 unspecified atom stereocenters. The Kier molecular flexibility index (Phi) is 3.66. The number of benzene rings is 2. The Morgan fingerprint density at radius 3 is 2.92 bits per heavy atom. The standard InChI is InChI=1S/C16H11FN2O4S/c17-9-3-1-2-4-11(9)21-7-15(20)19-16-18-10-5-12-13(23-8-22-12)6-14(10)24-16/h1-6H,7-8H2,(H,18,19,20). The number of para-hydroxylation sites is 1. The number of rotatable bonds is 4. The van der Waals surface area contributed by atoms with Gasteiger partial charge in [0.2, 0.25) is 6.79 Å². The van der Waals surface area contributed by atoms with Crippen molar-refractivity contribution in [1.29, 1.82) is 0 Å². The highest BCUT2D eigenvalue weighted by Gasteiger charge is 2.17. The molecule has 24 heavy (non-hydrogen) atoms. The smallest absolute Gasteiger partial charge is 0.264 e. The summed E-state index contributed by atoms with van der Waals surface area (Å²) in [5.41, 5.74) is 0.703. The van der Waals surface area contributed by atoms with E-state index >= 15 is 0 Å². The van der Waals surface area contributed by atoms with Crippen molar-refractivity contribution in [1.82, 2.24) is 4.98 Å². The van der Waals surface area contributed by atoms with Gasteiger partial charge in [0.25, 0.3) is 5.91 Å². The summed E-state index contributed by atoms with van der Waals surface area (Å²) in [4.78, 5) is 16.3. The van der Waals surface area contributed by atoms with Crippen LogP contribution in [0.4, 0.5) is 9.52 Å². The monoisotopic (exact) mass is 346 g/mol. The lowest BCUT2D eigenvalue weighted by atomic mass is 10.3. The molecule has 1 aromatic heterocycles. The minimum absolute atomic E-state index is 0.0303. The molecule has 0 fully saturated rings. The summed E-state index contributed by atoms with van der Waals surface area (Å²) in [5, 5.41) is 3.06. The van der Waals surface area contributed by atoms with Crippen LogP contribution in [0.5, 0.6) is 17.2 Å². The molecule has 1 aliphatic heterocycles. The van der Waals surface area contributed by atoms with Crippen LogP contribution >= 0.6 is 11.3 Å². The second kappa shape index (κ2) is 5.97. The molecule has 1 N–H and O–H groups in total. The summed E-state index contributed by atoms with van der Waals surface area (Å²) >= 11 is 1.31. The van der Waals surface area contributed by atoms with Crippen LogP contribution in [0.3, 0.4) is 0 Å². The van der Waals surface area contributed by atoms with Gasteiger partial charge in [0, 0.05) is 12.1 Å². The number of fused-ring (bicyclic) bond motifs is 2. The molecule has 2 heterocycles. The van der Waals surface area contributed by atoms with Crippen molar-refractivity contribution in [3.8, 4) is 17.2 Å². The molecular formula is C16H11FN2O4S. The number of carbonyl (C=O) groups is 1. The molecule has 3 aromatic rings. The van der Waals surface area contributed by atoms with Crippen molar-refractivity contribution in [3.05, 3.63) is 42.2 Å². The summed E-state index contributed by atoms with van der Waals surface area (Å²) in [6.07, 6.45) is 0. The Morgan fingerprint density at radius 1 is 1.29 bits per heavy atom. The van der Waals surface area contributed by atoms with Gasteiger partial charge in [-0.3, -0.25) is 10.1 Å². The fraction of sp³-hybridized carbons (Fsp3) is 0.125. The fourth-order valence-electron chi connectivity index (χ4n) is 2.23. The molecule has 6 nitrogen and oxygen atoms in total. The number of hydrogen-bond acceptors (Lipinski definition) is 6. The molecule has 2 aromatic carbocycles. The SMILES string of the molecule is O=C(COc1ccccc1F)Nc1nc2cc3c(cc2s1)OCO3. The van der Waals surface area contributed by atoms with Gasteiger partial charge in [-0.2, -0.15) is 0 Å². The van der Waals surface area contributed by atoms with Gasteiger partial charge in [-0.1, -0.05) is 23.5 Å². The molecule has 1 aliphatic rings. The van der Waals surface area contributed by atoms with E-state index in [-0.39, 0.29) is 19.1 Å². The van der Waals surface area contributed by atoms with Crippen molar-refractivity contribution in [3.63, 3.8) is 0 Å². The molecule has 0 atom stereocenters.